The summed E-state index contributed by atoms with van der Waals surface area (Å²) in [6.07, 6.45) is 4.64. The van der Waals surface area contributed by atoms with Gasteiger partial charge < -0.3 is 19.3 Å². The van der Waals surface area contributed by atoms with E-state index in [-0.39, 0.29) is 6.61 Å². The van der Waals surface area contributed by atoms with Gasteiger partial charge in [-0.3, -0.25) is 0 Å². The number of aliphatic hydroxyl groups is 1. The Hall–Kier alpha value is -0.160. The summed E-state index contributed by atoms with van der Waals surface area (Å²) in [6, 6.07) is 0. The lowest BCUT2D eigenvalue weighted by atomic mass is 10.2. The Labute approximate surface area is 92.5 Å². The summed E-state index contributed by atoms with van der Waals surface area (Å²) in [5, 5.41) is 8.43. The van der Waals surface area contributed by atoms with Crippen LogP contribution in [0.15, 0.2) is 0 Å². The van der Waals surface area contributed by atoms with Gasteiger partial charge in [-0.25, -0.2) is 0 Å². The van der Waals surface area contributed by atoms with Crippen LogP contribution in [0.4, 0.5) is 0 Å². The Balaban J connectivity index is 2.81. The lowest BCUT2D eigenvalue weighted by molar-refractivity contribution is 0.0320. The molecule has 0 aliphatic carbocycles. The number of rotatable bonds is 12. The molecule has 0 heterocycles. The Morgan fingerprint density at radius 2 is 1.33 bits per heavy atom. The van der Waals surface area contributed by atoms with Crippen LogP contribution < -0.4 is 0 Å². The number of unbranched alkanes of at least 4 members (excludes halogenated alkanes) is 3. The summed E-state index contributed by atoms with van der Waals surface area (Å²) in [5.74, 6) is 0. The van der Waals surface area contributed by atoms with Gasteiger partial charge in [-0.05, 0) is 12.8 Å². The highest BCUT2D eigenvalue weighted by molar-refractivity contribution is 4.42. The molecule has 0 saturated heterocycles. The van der Waals surface area contributed by atoms with Crippen molar-refractivity contribution in [3.8, 4) is 0 Å². The van der Waals surface area contributed by atoms with Crippen molar-refractivity contribution in [2.75, 3.05) is 46.8 Å². The lowest BCUT2D eigenvalue weighted by Crippen LogP contribution is -2.07. The average molecular weight is 220 g/mol. The number of methoxy groups -OCH3 is 1. The largest absolute Gasteiger partial charge is 0.394 e. The maximum atomic E-state index is 8.43. The van der Waals surface area contributed by atoms with Crippen molar-refractivity contribution in [3.63, 3.8) is 0 Å². The second kappa shape index (κ2) is 13.8. The molecule has 0 spiro atoms. The van der Waals surface area contributed by atoms with Crippen LogP contribution in [0.2, 0.25) is 0 Å². The van der Waals surface area contributed by atoms with Crippen LogP contribution in [0.25, 0.3) is 0 Å². The summed E-state index contributed by atoms with van der Waals surface area (Å²) >= 11 is 0. The van der Waals surface area contributed by atoms with Crippen molar-refractivity contribution < 1.29 is 19.3 Å². The van der Waals surface area contributed by atoms with E-state index in [1.165, 1.54) is 12.8 Å². The average Bonchev–Trinajstić information content (AvgIpc) is 2.26. The van der Waals surface area contributed by atoms with Crippen LogP contribution in [0.3, 0.4) is 0 Å². The summed E-state index contributed by atoms with van der Waals surface area (Å²) in [6.45, 7) is 3.34. The fourth-order valence-electron chi connectivity index (χ4n) is 1.19. The molecule has 0 aromatic carbocycles. The minimum atomic E-state index is 0.0828. The van der Waals surface area contributed by atoms with Crippen molar-refractivity contribution in [1.82, 2.24) is 0 Å². The van der Waals surface area contributed by atoms with E-state index in [4.69, 9.17) is 19.3 Å². The molecule has 0 bridgehead atoms. The van der Waals surface area contributed by atoms with Gasteiger partial charge in [-0.1, -0.05) is 12.8 Å². The Bertz CT molecular complexity index is 96.8. The zero-order valence-corrected chi connectivity index (χ0v) is 9.74. The molecule has 1 N–H and O–H groups in total. The van der Waals surface area contributed by atoms with Crippen molar-refractivity contribution in [2.45, 2.75) is 25.7 Å². The van der Waals surface area contributed by atoms with Crippen LogP contribution in [0.5, 0.6) is 0 Å². The molecule has 0 aliphatic rings. The van der Waals surface area contributed by atoms with E-state index in [1.807, 2.05) is 0 Å². The van der Waals surface area contributed by atoms with Gasteiger partial charge in [-0.2, -0.15) is 0 Å². The molecule has 4 heteroatoms. The van der Waals surface area contributed by atoms with Crippen LogP contribution in [0.1, 0.15) is 25.7 Å². The van der Waals surface area contributed by atoms with E-state index in [0.717, 1.165) is 26.1 Å². The first-order chi connectivity index (χ1) is 7.41. The molecule has 0 rings (SSSR count). The van der Waals surface area contributed by atoms with Crippen molar-refractivity contribution in [3.05, 3.63) is 0 Å². The minimum Gasteiger partial charge on any atom is -0.394 e. The molecule has 0 fully saturated rings. The summed E-state index contributed by atoms with van der Waals surface area (Å²) < 4.78 is 15.4. The Kier molecular flexibility index (Phi) is 13.7. The van der Waals surface area contributed by atoms with Gasteiger partial charge in [0, 0.05) is 20.3 Å². The zero-order chi connectivity index (χ0) is 11.2. The fraction of sp³-hybridized carbons (Fsp3) is 1.00. The SMILES string of the molecule is COCCCCCCOCCOCCO. The lowest BCUT2D eigenvalue weighted by Gasteiger charge is -2.04. The molecule has 0 radical (unpaired) electrons. The smallest absolute Gasteiger partial charge is 0.0701 e. The predicted molar refractivity (Wildman–Crippen MR) is 59.1 cm³/mol. The van der Waals surface area contributed by atoms with Gasteiger partial charge in [0.1, 0.15) is 0 Å². The maximum Gasteiger partial charge on any atom is 0.0701 e. The van der Waals surface area contributed by atoms with Crippen LogP contribution in [-0.4, -0.2) is 51.9 Å². The molecular weight excluding hydrogens is 196 g/mol. The van der Waals surface area contributed by atoms with E-state index < -0.39 is 0 Å². The van der Waals surface area contributed by atoms with Gasteiger partial charge in [0.2, 0.25) is 0 Å². The molecule has 15 heavy (non-hydrogen) atoms. The van der Waals surface area contributed by atoms with Gasteiger partial charge >= 0.3 is 0 Å². The van der Waals surface area contributed by atoms with E-state index in [9.17, 15) is 0 Å². The number of hydrogen-bond acceptors (Lipinski definition) is 4. The molecule has 0 aromatic rings. The fourth-order valence-corrected chi connectivity index (χ4v) is 1.19. The predicted octanol–water partition coefficient (Wildman–Crippen LogP) is 1.22. The van der Waals surface area contributed by atoms with Crippen molar-refractivity contribution in [1.29, 1.82) is 0 Å². The molecule has 92 valence electrons. The number of hydrogen-bond donors (Lipinski definition) is 1. The van der Waals surface area contributed by atoms with Gasteiger partial charge in [-0.15, -0.1) is 0 Å². The third-order valence-corrected chi connectivity index (χ3v) is 1.99. The monoisotopic (exact) mass is 220 g/mol. The van der Waals surface area contributed by atoms with Crippen LogP contribution in [0, 0.1) is 0 Å². The van der Waals surface area contributed by atoms with Crippen molar-refractivity contribution >= 4 is 0 Å². The first-order valence-electron chi connectivity index (χ1n) is 5.67. The van der Waals surface area contributed by atoms with Crippen LogP contribution >= 0.6 is 0 Å². The normalized spacial score (nSPS) is 10.8. The topological polar surface area (TPSA) is 47.9 Å². The highest BCUT2D eigenvalue weighted by Gasteiger charge is 1.91. The molecule has 0 aliphatic heterocycles. The molecule has 0 saturated carbocycles. The third-order valence-electron chi connectivity index (χ3n) is 1.99. The highest BCUT2D eigenvalue weighted by atomic mass is 16.5. The first kappa shape index (κ1) is 14.8. The quantitative estimate of drug-likeness (QED) is 0.502. The molecular formula is C11H24O4. The third kappa shape index (κ3) is 13.8. The zero-order valence-electron chi connectivity index (χ0n) is 9.74. The first-order valence-corrected chi connectivity index (χ1v) is 5.67. The van der Waals surface area contributed by atoms with E-state index >= 15 is 0 Å². The molecule has 0 amide bonds. The summed E-state index contributed by atoms with van der Waals surface area (Å²) in [7, 11) is 1.73. The maximum absolute atomic E-state index is 8.43. The number of ether oxygens (including phenoxy) is 3. The van der Waals surface area contributed by atoms with E-state index in [2.05, 4.69) is 0 Å². The second-order valence-electron chi connectivity index (χ2n) is 3.36. The minimum absolute atomic E-state index is 0.0828. The van der Waals surface area contributed by atoms with Crippen molar-refractivity contribution in [2.24, 2.45) is 0 Å². The standard InChI is InChI=1S/C11H24O4/c1-13-7-4-2-3-5-8-14-10-11-15-9-6-12/h12H,2-11H2,1H3. The second-order valence-corrected chi connectivity index (χ2v) is 3.36. The van der Waals surface area contributed by atoms with Gasteiger partial charge in [0.05, 0.1) is 26.4 Å². The molecule has 0 unspecified atom stereocenters. The highest BCUT2D eigenvalue weighted by Crippen LogP contribution is 1.99. The van der Waals surface area contributed by atoms with Gasteiger partial charge in [0.25, 0.3) is 0 Å². The van der Waals surface area contributed by atoms with Gasteiger partial charge in [0.15, 0.2) is 0 Å². The number of aliphatic hydroxyl groups excluding tert-OH is 1. The Morgan fingerprint density at radius 3 is 1.93 bits per heavy atom. The van der Waals surface area contributed by atoms with E-state index in [1.54, 1.807) is 7.11 Å². The van der Waals surface area contributed by atoms with Crippen LogP contribution in [-0.2, 0) is 14.2 Å². The summed E-state index contributed by atoms with van der Waals surface area (Å²) in [4.78, 5) is 0. The molecule has 0 aromatic heterocycles. The molecule has 4 nitrogen and oxygen atoms in total. The molecule has 0 atom stereocenters. The van der Waals surface area contributed by atoms with E-state index in [0.29, 0.717) is 19.8 Å². The Morgan fingerprint density at radius 1 is 0.733 bits per heavy atom. The summed E-state index contributed by atoms with van der Waals surface area (Å²) in [5.41, 5.74) is 0.